The van der Waals surface area contributed by atoms with Crippen molar-refractivity contribution in [1.82, 2.24) is 0 Å². The molecular formula is C15H19NO3. The molecule has 1 aliphatic rings. The Morgan fingerprint density at radius 3 is 2.58 bits per heavy atom. The number of carbonyl (C=O) groups excluding carboxylic acids is 1. The minimum atomic E-state index is -0.809. The van der Waals surface area contributed by atoms with Crippen LogP contribution in [0.25, 0.3) is 0 Å². The standard InChI is InChI=1S/C15H19NO3/c1-9-7-10(2)14-13(8-9)12(15(18)19)5-4-6-16(14)11(3)17/h7-8,12H,4-6H2,1-3H3,(H,18,19). The zero-order valence-electron chi connectivity index (χ0n) is 11.6. The third-order valence-electron chi connectivity index (χ3n) is 3.67. The van der Waals surface area contributed by atoms with Gasteiger partial charge < -0.3 is 10.0 Å². The molecule has 0 saturated heterocycles. The number of benzene rings is 1. The maximum atomic E-state index is 11.8. The molecule has 19 heavy (non-hydrogen) atoms. The summed E-state index contributed by atoms with van der Waals surface area (Å²) >= 11 is 0. The molecule has 1 amide bonds. The lowest BCUT2D eigenvalue weighted by Gasteiger charge is -2.24. The number of hydrogen-bond donors (Lipinski definition) is 1. The Morgan fingerprint density at radius 2 is 2.00 bits per heavy atom. The first-order valence-electron chi connectivity index (χ1n) is 6.54. The number of hydrogen-bond acceptors (Lipinski definition) is 2. The predicted molar refractivity (Wildman–Crippen MR) is 73.6 cm³/mol. The molecule has 0 radical (unpaired) electrons. The monoisotopic (exact) mass is 261 g/mol. The van der Waals surface area contributed by atoms with E-state index in [0.29, 0.717) is 19.4 Å². The van der Waals surface area contributed by atoms with Crippen LogP contribution in [0, 0.1) is 13.8 Å². The fraction of sp³-hybridized carbons (Fsp3) is 0.467. The molecule has 2 rings (SSSR count). The summed E-state index contributed by atoms with van der Waals surface area (Å²) < 4.78 is 0. The first-order chi connectivity index (χ1) is 8.91. The number of rotatable bonds is 1. The van der Waals surface area contributed by atoms with Crippen LogP contribution in [-0.4, -0.2) is 23.5 Å². The fourth-order valence-corrected chi connectivity index (χ4v) is 2.92. The highest BCUT2D eigenvalue weighted by atomic mass is 16.4. The molecule has 1 aromatic rings. The van der Waals surface area contributed by atoms with E-state index < -0.39 is 11.9 Å². The van der Waals surface area contributed by atoms with Gasteiger partial charge in [-0.3, -0.25) is 9.59 Å². The van der Waals surface area contributed by atoms with Gasteiger partial charge in [0.15, 0.2) is 0 Å². The van der Waals surface area contributed by atoms with Crippen molar-refractivity contribution in [2.24, 2.45) is 0 Å². The van der Waals surface area contributed by atoms with E-state index in [2.05, 4.69) is 0 Å². The molecule has 1 unspecified atom stereocenters. The van der Waals surface area contributed by atoms with E-state index in [9.17, 15) is 14.7 Å². The molecule has 1 aromatic carbocycles. The molecule has 0 fully saturated rings. The zero-order valence-corrected chi connectivity index (χ0v) is 11.6. The van der Waals surface area contributed by atoms with E-state index in [1.54, 1.807) is 4.90 Å². The van der Waals surface area contributed by atoms with E-state index in [-0.39, 0.29) is 5.91 Å². The summed E-state index contributed by atoms with van der Waals surface area (Å²) in [5, 5.41) is 9.41. The summed E-state index contributed by atoms with van der Waals surface area (Å²) in [6, 6.07) is 3.90. The van der Waals surface area contributed by atoms with Crippen LogP contribution in [0.4, 0.5) is 5.69 Å². The van der Waals surface area contributed by atoms with E-state index >= 15 is 0 Å². The van der Waals surface area contributed by atoms with Crippen LogP contribution < -0.4 is 4.90 Å². The lowest BCUT2D eigenvalue weighted by atomic mass is 9.91. The van der Waals surface area contributed by atoms with Gasteiger partial charge in [-0.2, -0.15) is 0 Å². The molecule has 1 N–H and O–H groups in total. The van der Waals surface area contributed by atoms with Crippen LogP contribution in [0.3, 0.4) is 0 Å². The van der Waals surface area contributed by atoms with Crippen molar-refractivity contribution in [3.8, 4) is 0 Å². The minimum Gasteiger partial charge on any atom is -0.481 e. The Labute approximate surface area is 113 Å². The van der Waals surface area contributed by atoms with Gasteiger partial charge in [-0.1, -0.05) is 17.7 Å². The first-order valence-corrected chi connectivity index (χ1v) is 6.54. The highest BCUT2D eigenvalue weighted by molar-refractivity contribution is 5.95. The zero-order chi connectivity index (χ0) is 14.2. The van der Waals surface area contributed by atoms with Gasteiger partial charge in [0, 0.05) is 13.5 Å². The quantitative estimate of drug-likeness (QED) is 0.845. The molecule has 1 heterocycles. The van der Waals surface area contributed by atoms with Crippen molar-refractivity contribution in [2.75, 3.05) is 11.4 Å². The summed E-state index contributed by atoms with van der Waals surface area (Å²) in [6.45, 7) is 6.02. The Morgan fingerprint density at radius 1 is 1.32 bits per heavy atom. The Kier molecular flexibility index (Phi) is 3.60. The second-order valence-corrected chi connectivity index (χ2v) is 5.22. The number of anilines is 1. The SMILES string of the molecule is CC(=O)N1CCCC(C(=O)O)c2cc(C)cc(C)c21. The number of carbonyl (C=O) groups is 2. The Bertz CT molecular complexity index is 536. The normalized spacial score (nSPS) is 18.7. The van der Waals surface area contributed by atoms with Gasteiger partial charge in [0.2, 0.25) is 5.91 Å². The molecule has 1 atom stereocenters. The minimum absolute atomic E-state index is 0.0285. The summed E-state index contributed by atoms with van der Waals surface area (Å²) in [6.07, 6.45) is 1.29. The average molecular weight is 261 g/mol. The highest BCUT2D eigenvalue weighted by Gasteiger charge is 2.30. The summed E-state index contributed by atoms with van der Waals surface area (Å²) in [4.78, 5) is 25.0. The maximum absolute atomic E-state index is 11.8. The van der Waals surface area contributed by atoms with Crippen molar-refractivity contribution < 1.29 is 14.7 Å². The number of aliphatic carboxylic acids is 1. The Balaban J connectivity index is 2.66. The van der Waals surface area contributed by atoms with Crippen LogP contribution in [0.15, 0.2) is 12.1 Å². The molecule has 0 aromatic heterocycles. The molecule has 0 spiro atoms. The van der Waals surface area contributed by atoms with Crippen molar-refractivity contribution in [3.05, 3.63) is 28.8 Å². The first kappa shape index (κ1) is 13.6. The van der Waals surface area contributed by atoms with E-state index in [0.717, 1.165) is 22.4 Å². The molecule has 4 nitrogen and oxygen atoms in total. The smallest absolute Gasteiger partial charge is 0.311 e. The van der Waals surface area contributed by atoms with E-state index in [4.69, 9.17) is 0 Å². The number of fused-ring (bicyclic) bond motifs is 1. The summed E-state index contributed by atoms with van der Waals surface area (Å²) in [7, 11) is 0. The Hall–Kier alpha value is -1.84. The number of carboxylic acid groups (broad SMARTS) is 1. The van der Waals surface area contributed by atoms with Crippen molar-refractivity contribution in [2.45, 2.75) is 39.5 Å². The van der Waals surface area contributed by atoms with Gasteiger partial charge in [0.05, 0.1) is 11.6 Å². The molecule has 4 heteroatoms. The lowest BCUT2D eigenvalue weighted by Crippen LogP contribution is -2.30. The number of aryl methyl sites for hydroxylation is 2. The van der Waals surface area contributed by atoms with Crippen LogP contribution >= 0.6 is 0 Å². The third-order valence-corrected chi connectivity index (χ3v) is 3.67. The average Bonchev–Trinajstić information content (AvgIpc) is 2.48. The largest absolute Gasteiger partial charge is 0.481 e. The van der Waals surface area contributed by atoms with Crippen molar-refractivity contribution in [3.63, 3.8) is 0 Å². The number of nitrogens with zero attached hydrogens (tertiary/aromatic N) is 1. The van der Waals surface area contributed by atoms with Gasteiger partial charge in [-0.15, -0.1) is 0 Å². The molecule has 0 bridgehead atoms. The summed E-state index contributed by atoms with van der Waals surface area (Å²) in [5.74, 6) is -1.35. The molecule has 102 valence electrons. The van der Waals surface area contributed by atoms with Crippen LogP contribution in [0.2, 0.25) is 0 Å². The molecular weight excluding hydrogens is 242 g/mol. The third kappa shape index (κ3) is 2.48. The van der Waals surface area contributed by atoms with Gasteiger partial charge in [-0.05, 0) is 37.8 Å². The maximum Gasteiger partial charge on any atom is 0.311 e. The van der Waals surface area contributed by atoms with Crippen LogP contribution in [0.1, 0.15) is 42.4 Å². The second kappa shape index (κ2) is 5.03. The van der Waals surface area contributed by atoms with Gasteiger partial charge in [-0.25, -0.2) is 0 Å². The van der Waals surface area contributed by atoms with Crippen LogP contribution in [-0.2, 0) is 9.59 Å². The number of amides is 1. The lowest BCUT2D eigenvalue weighted by molar-refractivity contribution is -0.139. The number of carboxylic acids is 1. The van der Waals surface area contributed by atoms with Gasteiger partial charge in [0.25, 0.3) is 0 Å². The van der Waals surface area contributed by atoms with Crippen molar-refractivity contribution in [1.29, 1.82) is 0 Å². The topological polar surface area (TPSA) is 57.6 Å². The summed E-state index contributed by atoms with van der Waals surface area (Å²) in [5.41, 5.74) is 3.58. The fourth-order valence-electron chi connectivity index (χ4n) is 2.92. The highest BCUT2D eigenvalue weighted by Crippen LogP contribution is 2.37. The van der Waals surface area contributed by atoms with Crippen molar-refractivity contribution >= 4 is 17.6 Å². The second-order valence-electron chi connectivity index (χ2n) is 5.22. The molecule has 1 aliphatic heterocycles. The van der Waals surface area contributed by atoms with Gasteiger partial charge >= 0.3 is 5.97 Å². The van der Waals surface area contributed by atoms with Crippen LogP contribution in [0.5, 0.6) is 0 Å². The van der Waals surface area contributed by atoms with E-state index in [1.807, 2.05) is 26.0 Å². The van der Waals surface area contributed by atoms with E-state index in [1.165, 1.54) is 6.92 Å². The molecule has 0 aliphatic carbocycles. The predicted octanol–water partition coefficient (Wildman–Crippen LogP) is 2.62. The molecule has 0 saturated carbocycles. The van der Waals surface area contributed by atoms with Gasteiger partial charge in [0.1, 0.15) is 0 Å².